The Hall–Kier alpha value is -2.18. The maximum atomic E-state index is 12.3. The lowest BCUT2D eigenvalue weighted by atomic mass is 10.2. The molecule has 1 aliphatic heterocycles. The Morgan fingerprint density at radius 1 is 1.32 bits per heavy atom. The van der Waals surface area contributed by atoms with Gasteiger partial charge >= 0.3 is 0 Å². The summed E-state index contributed by atoms with van der Waals surface area (Å²) in [6.45, 7) is 5.11. The zero-order valence-corrected chi connectivity index (χ0v) is 13.0. The van der Waals surface area contributed by atoms with Gasteiger partial charge in [0.05, 0.1) is 0 Å². The summed E-state index contributed by atoms with van der Waals surface area (Å²) < 4.78 is 1.04. The van der Waals surface area contributed by atoms with E-state index in [-0.39, 0.29) is 30.1 Å². The van der Waals surface area contributed by atoms with Crippen LogP contribution in [0.1, 0.15) is 43.6 Å². The Balaban J connectivity index is 2.11. The van der Waals surface area contributed by atoms with E-state index in [2.05, 4.69) is 10.4 Å². The molecule has 2 amide bonds. The normalized spacial score (nSPS) is 15.6. The second-order valence-electron chi connectivity index (χ2n) is 5.59. The van der Waals surface area contributed by atoms with Crippen molar-refractivity contribution in [1.29, 1.82) is 0 Å². The molecule has 2 rings (SSSR count). The van der Waals surface area contributed by atoms with Gasteiger partial charge in [0.1, 0.15) is 12.2 Å². The van der Waals surface area contributed by atoms with Crippen molar-refractivity contribution < 1.29 is 9.59 Å². The highest BCUT2D eigenvalue weighted by Crippen LogP contribution is 2.10. The fraction of sp³-hybridized carbons (Fsp3) is 0.600. The molecule has 7 nitrogen and oxygen atoms in total. The number of hydrogen-bond acceptors (Lipinski definition) is 4. The number of nitrogens with zero attached hydrogens (tertiary/aromatic N) is 3. The largest absolute Gasteiger partial charge is 0.352 e. The molecule has 0 saturated carbocycles. The molecule has 1 aliphatic rings. The van der Waals surface area contributed by atoms with Gasteiger partial charge in [-0.3, -0.25) is 14.4 Å². The summed E-state index contributed by atoms with van der Waals surface area (Å²) in [6, 6.07) is 2.75. The molecule has 2 heterocycles. The van der Waals surface area contributed by atoms with Gasteiger partial charge in [-0.2, -0.15) is 5.10 Å². The molecule has 1 aromatic heterocycles. The summed E-state index contributed by atoms with van der Waals surface area (Å²) in [5.74, 6) is -0.469. The Bertz CT molecular complexity index is 605. The summed E-state index contributed by atoms with van der Waals surface area (Å²) in [4.78, 5) is 37.7. The first-order valence-electron chi connectivity index (χ1n) is 7.68. The van der Waals surface area contributed by atoms with Crippen LogP contribution in [-0.2, 0) is 11.3 Å². The van der Waals surface area contributed by atoms with E-state index in [0.717, 1.165) is 23.9 Å². The van der Waals surface area contributed by atoms with Crippen LogP contribution in [-0.4, -0.2) is 45.6 Å². The van der Waals surface area contributed by atoms with Crippen molar-refractivity contribution in [2.45, 2.75) is 45.7 Å². The van der Waals surface area contributed by atoms with Gasteiger partial charge in [-0.25, -0.2) is 4.68 Å². The van der Waals surface area contributed by atoms with Crippen LogP contribution in [0.5, 0.6) is 0 Å². The van der Waals surface area contributed by atoms with Crippen molar-refractivity contribution in [2.75, 3.05) is 13.1 Å². The molecule has 1 atom stereocenters. The van der Waals surface area contributed by atoms with E-state index in [1.165, 1.54) is 12.1 Å². The quantitative estimate of drug-likeness (QED) is 0.853. The molecular weight excluding hydrogens is 284 g/mol. The molecule has 0 spiro atoms. The third-order valence-corrected chi connectivity index (χ3v) is 3.79. The molecule has 7 heteroatoms. The third kappa shape index (κ3) is 3.93. The molecule has 1 fully saturated rings. The van der Waals surface area contributed by atoms with Crippen molar-refractivity contribution >= 4 is 11.8 Å². The lowest BCUT2D eigenvalue weighted by Gasteiger charge is -2.15. The Morgan fingerprint density at radius 2 is 2.00 bits per heavy atom. The molecule has 0 radical (unpaired) electrons. The highest BCUT2D eigenvalue weighted by Gasteiger charge is 2.21. The summed E-state index contributed by atoms with van der Waals surface area (Å²) >= 11 is 0. The minimum Gasteiger partial charge on any atom is -0.352 e. The number of likely N-dealkylation sites (tertiary alicyclic amines) is 1. The number of aromatic nitrogens is 2. The second-order valence-corrected chi connectivity index (χ2v) is 5.59. The number of nitrogens with one attached hydrogen (secondary N) is 1. The van der Waals surface area contributed by atoms with Gasteiger partial charge in [-0.05, 0) is 32.3 Å². The highest BCUT2D eigenvalue weighted by atomic mass is 16.2. The van der Waals surface area contributed by atoms with E-state index in [4.69, 9.17) is 0 Å². The molecule has 1 saturated heterocycles. The number of carbonyl (C=O) groups is 2. The predicted octanol–water partition coefficient (Wildman–Crippen LogP) is 0.394. The molecule has 22 heavy (non-hydrogen) atoms. The number of carbonyl (C=O) groups excluding carboxylic acids is 2. The van der Waals surface area contributed by atoms with E-state index in [9.17, 15) is 14.4 Å². The lowest BCUT2D eigenvalue weighted by molar-refractivity contribution is -0.122. The first-order valence-corrected chi connectivity index (χ1v) is 7.68. The molecular formula is C15H22N4O3. The predicted molar refractivity (Wildman–Crippen MR) is 81.5 cm³/mol. The van der Waals surface area contributed by atoms with Crippen LogP contribution in [0, 0.1) is 0 Å². The van der Waals surface area contributed by atoms with Crippen molar-refractivity contribution in [1.82, 2.24) is 20.0 Å². The minimum atomic E-state index is -0.391. The van der Waals surface area contributed by atoms with Crippen LogP contribution in [0.15, 0.2) is 16.9 Å². The first kappa shape index (κ1) is 16.2. The van der Waals surface area contributed by atoms with E-state index in [1.807, 2.05) is 13.8 Å². The van der Waals surface area contributed by atoms with Gasteiger partial charge in [0.2, 0.25) is 5.91 Å². The average molecular weight is 306 g/mol. The molecule has 1 N–H and O–H groups in total. The Morgan fingerprint density at radius 3 is 2.64 bits per heavy atom. The van der Waals surface area contributed by atoms with Crippen LogP contribution in [0.2, 0.25) is 0 Å². The van der Waals surface area contributed by atoms with E-state index >= 15 is 0 Å². The second kappa shape index (κ2) is 7.20. The van der Waals surface area contributed by atoms with Crippen LogP contribution < -0.4 is 10.9 Å². The van der Waals surface area contributed by atoms with Crippen LogP contribution >= 0.6 is 0 Å². The van der Waals surface area contributed by atoms with Crippen LogP contribution in [0.3, 0.4) is 0 Å². The fourth-order valence-corrected chi connectivity index (χ4v) is 2.32. The topological polar surface area (TPSA) is 84.3 Å². The lowest BCUT2D eigenvalue weighted by Crippen LogP contribution is -2.38. The molecule has 0 aliphatic carbocycles. The smallest absolute Gasteiger partial charge is 0.274 e. The van der Waals surface area contributed by atoms with Gasteiger partial charge in [0.15, 0.2) is 0 Å². The first-order chi connectivity index (χ1) is 10.5. The summed E-state index contributed by atoms with van der Waals surface area (Å²) in [5.41, 5.74) is -0.185. The standard InChI is InChI=1S/C15H22N4O3/c1-3-11(2)16-13(20)10-19-14(21)7-6-12(17-19)15(22)18-8-4-5-9-18/h6-7,11H,3-5,8-10H2,1-2H3,(H,16,20). The fourth-order valence-electron chi connectivity index (χ4n) is 2.32. The third-order valence-electron chi connectivity index (χ3n) is 3.79. The zero-order valence-electron chi connectivity index (χ0n) is 13.0. The van der Waals surface area contributed by atoms with Gasteiger partial charge in [0.25, 0.3) is 11.5 Å². The zero-order chi connectivity index (χ0) is 16.1. The van der Waals surface area contributed by atoms with Crippen LogP contribution in [0.25, 0.3) is 0 Å². The number of hydrogen-bond donors (Lipinski definition) is 1. The molecule has 0 aromatic carbocycles. The molecule has 0 bridgehead atoms. The molecule has 1 aromatic rings. The van der Waals surface area contributed by atoms with Crippen LogP contribution in [0.4, 0.5) is 0 Å². The van der Waals surface area contributed by atoms with Crippen molar-refractivity contribution in [2.24, 2.45) is 0 Å². The van der Waals surface area contributed by atoms with Gasteiger partial charge < -0.3 is 10.2 Å². The minimum absolute atomic E-state index is 0.0395. The number of amides is 2. The van der Waals surface area contributed by atoms with Gasteiger partial charge in [-0.1, -0.05) is 6.92 Å². The summed E-state index contributed by atoms with van der Waals surface area (Å²) in [5, 5.41) is 6.82. The number of rotatable bonds is 5. The van der Waals surface area contributed by atoms with E-state index in [0.29, 0.717) is 13.1 Å². The summed E-state index contributed by atoms with van der Waals surface area (Å²) in [6.07, 6.45) is 2.78. The Kier molecular flexibility index (Phi) is 5.30. The molecule has 1 unspecified atom stereocenters. The average Bonchev–Trinajstić information content (AvgIpc) is 3.02. The summed E-state index contributed by atoms with van der Waals surface area (Å²) in [7, 11) is 0. The van der Waals surface area contributed by atoms with Crippen molar-refractivity contribution in [3.63, 3.8) is 0 Å². The Labute approximate surface area is 129 Å². The SMILES string of the molecule is CCC(C)NC(=O)Cn1nc(C(=O)N2CCCC2)ccc1=O. The maximum absolute atomic E-state index is 12.3. The van der Waals surface area contributed by atoms with Gasteiger partial charge in [-0.15, -0.1) is 0 Å². The molecule has 120 valence electrons. The monoisotopic (exact) mass is 306 g/mol. The van der Waals surface area contributed by atoms with E-state index in [1.54, 1.807) is 4.90 Å². The van der Waals surface area contributed by atoms with E-state index < -0.39 is 5.56 Å². The van der Waals surface area contributed by atoms with Crippen molar-refractivity contribution in [3.05, 3.63) is 28.2 Å². The maximum Gasteiger partial charge on any atom is 0.274 e. The van der Waals surface area contributed by atoms with Gasteiger partial charge in [0, 0.05) is 25.2 Å². The van der Waals surface area contributed by atoms with Crippen molar-refractivity contribution in [3.8, 4) is 0 Å². The highest BCUT2D eigenvalue weighted by molar-refractivity contribution is 5.92.